The third-order valence-electron chi connectivity index (χ3n) is 2.36. The van der Waals surface area contributed by atoms with E-state index in [1.807, 2.05) is 0 Å². The van der Waals surface area contributed by atoms with Crippen LogP contribution in [0.2, 0.25) is 0 Å². The Balaban J connectivity index is 2.85. The Hall–Kier alpha value is -1.35. The number of rotatable bonds is 0. The molecule has 1 heterocycles. The highest BCUT2D eigenvalue weighted by Gasteiger charge is 2.23. The second-order valence-corrected chi connectivity index (χ2v) is 5.72. The molecule has 0 aromatic heterocycles. The first-order valence-electron chi connectivity index (χ1n) is 4.22. The van der Waals surface area contributed by atoms with Crippen LogP contribution in [0.5, 0.6) is 0 Å². The number of ketones is 1. The summed E-state index contributed by atoms with van der Waals surface area (Å²) in [4.78, 5) is 12.7. The quantitative estimate of drug-likeness (QED) is 0.607. The van der Waals surface area contributed by atoms with Gasteiger partial charge in [0.25, 0.3) is 0 Å². The van der Waals surface area contributed by atoms with Crippen LogP contribution >= 0.6 is 0 Å². The Morgan fingerprint density at radius 3 is 2.64 bits per heavy atom. The number of allylic oxidation sites excluding steroid dienone is 2. The molecule has 72 valence electrons. The largest absolute Gasteiger partial charge is 0.289 e. The molecule has 0 saturated heterocycles. The molecule has 2 nitrogen and oxygen atoms in total. The summed E-state index contributed by atoms with van der Waals surface area (Å²) in [6, 6.07) is 6.93. The van der Waals surface area contributed by atoms with E-state index >= 15 is 0 Å². The first-order valence-corrected chi connectivity index (χ1v) is 5.95. The van der Waals surface area contributed by atoms with Gasteiger partial charge in [0.2, 0.25) is 0 Å². The van der Waals surface area contributed by atoms with Crippen molar-refractivity contribution in [2.75, 3.05) is 0 Å². The molecule has 0 aliphatic carbocycles. The molecule has 1 aromatic rings. The Bertz CT molecular complexity index is 536. The fourth-order valence-electron chi connectivity index (χ4n) is 1.49. The molecule has 1 aromatic carbocycles. The van der Waals surface area contributed by atoms with E-state index in [0.717, 1.165) is 0 Å². The summed E-state index contributed by atoms with van der Waals surface area (Å²) < 4.78 is 12.2. The Labute approximate surface area is 83.3 Å². The molecule has 14 heavy (non-hydrogen) atoms. The summed E-state index contributed by atoms with van der Waals surface area (Å²) in [7, 11) is -2.41. The third-order valence-corrected chi connectivity index (χ3v) is 4.59. The lowest BCUT2D eigenvalue weighted by molar-refractivity contribution is 0.104. The van der Waals surface area contributed by atoms with Crippen molar-refractivity contribution in [3.05, 3.63) is 40.8 Å². The second kappa shape index (κ2) is 2.82. The molecular formula is C11H10O2S. The van der Waals surface area contributed by atoms with Crippen LogP contribution in [-0.2, 0) is 9.52 Å². The molecule has 0 amide bonds. The monoisotopic (exact) mass is 206 g/mol. The topological polar surface area (TPSA) is 34.1 Å². The molecule has 1 atom stereocenters. The van der Waals surface area contributed by atoms with E-state index in [-0.39, 0.29) is 5.78 Å². The number of benzene rings is 1. The minimum Gasteiger partial charge on any atom is -0.289 e. The zero-order valence-electron chi connectivity index (χ0n) is 7.82. The van der Waals surface area contributed by atoms with E-state index in [1.54, 1.807) is 31.2 Å². The summed E-state index contributed by atoms with van der Waals surface area (Å²) in [6.45, 7) is 1.68. The van der Waals surface area contributed by atoms with Crippen molar-refractivity contribution in [3.8, 4) is 0 Å². The molecule has 0 saturated carbocycles. The van der Waals surface area contributed by atoms with E-state index in [4.69, 9.17) is 0 Å². The van der Waals surface area contributed by atoms with Gasteiger partial charge in [-0.1, -0.05) is 12.1 Å². The van der Waals surface area contributed by atoms with Crippen LogP contribution in [0.15, 0.2) is 40.1 Å². The highest BCUT2D eigenvalue weighted by atomic mass is 32.2. The average molecular weight is 206 g/mol. The predicted octanol–water partition coefficient (Wildman–Crippen LogP) is 1.86. The Morgan fingerprint density at radius 1 is 1.29 bits per heavy atom. The first-order chi connectivity index (χ1) is 6.53. The molecule has 2 rings (SSSR count). The number of carbonyl (C=O) groups is 1. The maximum absolute atomic E-state index is 12.2. The summed E-state index contributed by atoms with van der Waals surface area (Å²) in [5, 5.41) is 0. The summed E-state index contributed by atoms with van der Waals surface area (Å²) in [5.74, 6) is 3.61. The molecule has 1 unspecified atom stereocenters. The number of hydrogen-bond donors (Lipinski definition) is 0. The maximum atomic E-state index is 12.2. The van der Waals surface area contributed by atoms with Crippen molar-refractivity contribution in [3.63, 3.8) is 0 Å². The van der Waals surface area contributed by atoms with Crippen molar-refractivity contribution in [2.24, 2.45) is 0 Å². The van der Waals surface area contributed by atoms with Crippen LogP contribution in [-0.4, -0.2) is 15.9 Å². The smallest absolute Gasteiger partial charge is 0.187 e. The Morgan fingerprint density at radius 2 is 1.93 bits per heavy atom. The van der Waals surface area contributed by atoms with E-state index < -0.39 is 9.52 Å². The molecule has 1 aliphatic rings. The van der Waals surface area contributed by atoms with Gasteiger partial charge in [-0.05, 0) is 31.0 Å². The van der Waals surface area contributed by atoms with Gasteiger partial charge in [0.15, 0.2) is 5.78 Å². The van der Waals surface area contributed by atoms with E-state index in [1.165, 1.54) is 6.08 Å². The maximum Gasteiger partial charge on any atom is 0.187 e. The number of carbonyl (C=O) groups excluding carboxylic acids is 1. The minimum atomic E-state index is -2.41. The SMILES string of the molecule is C=S1(=O)C(C)=CC(=O)c2ccccc21. The summed E-state index contributed by atoms with van der Waals surface area (Å²) in [6.07, 6.45) is 1.41. The summed E-state index contributed by atoms with van der Waals surface area (Å²) in [5.41, 5.74) is 0.512. The predicted molar refractivity (Wildman–Crippen MR) is 58.1 cm³/mol. The number of hydrogen-bond acceptors (Lipinski definition) is 2. The molecule has 0 fully saturated rings. The minimum absolute atomic E-state index is 0.0827. The van der Waals surface area contributed by atoms with Gasteiger partial charge in [0.05, 0.1) is 0 Å². The second-order valence-electron chi connectivity index (χ2n) is 3.29. The number of fused-ring (bicyclic) bond motifs is 1. The van der Waals surface area contributed by atoms with Gasteiger partial charge in [0.1, 0.15) is 0 Å². The lowest BCUT2D eigenvalue weighted by atomic mass is 10.1. The lowest BCUT2D eigenvalue weighted by Crippen LogP contribution is -2.15. The lowest BCUT2D eigenvalue weighted by Gasteiger charge is -2.17. The van der Waals surface area contributed by atoms with Gasteiger partial charge in [-0.15, -0.1) is 0 Å². The van der Waals surface area contributed by atoms with E-state index in [2.05, 4.69) is 5.87 Å². The molecule has 1 aliphatic heterocycles. The van der Waals surface area contributed by atoms with Gasteiger partial charge in [-0.3, -0.25) is 9.00 Å². The van der Waals surface area contributed by atoms with Gasteiger partial charge in [-0.2, -0.15) is 0 Å². The molecular weight excluding hydrogens is 196 g/mol. The first kappa shape index (κ1) is 9.21. The van der Waals surface area contributed by atoms with E-state index in [9.17, 15) is 9.00 Å². The third kappa shape index (κ3) is 1.13. The van der Waals surface area contributed by atoms with Gasteiger partial charge in [-0.25, -0.2) is 0 Å². The van der Waals surface area contributed by atoms with Crippen LogP contribution in [0.4, 0.5) is 0 Å². The van der Waals surface area contributed by atoms with Crippen LogP contribution in [0.25, 0.3) is 0 Å². The average Bonchev–Trinajstić information content (AvgIpc) is 2.16. The normalized spacial score (nSPS) is 25.5. The highest BCUT2D eigenvalue weighted by molar-refractivity contribution is 8.04. The van der Waals surface area contributed by atoms with Crippen molar-refractivity contribution in [1.29, 1.82) is 0 Å². The summed E-state index contributed by atoms with van der Waals surface area (Å²) >= 11 is 0. The molecule has 0 spiro atoms. The van der Waals surface area contributed by atoms with Crippen LogP contribution < -0.4 is 0 Å². The van der Waals surface area contributed by atoms with Gasteiger partial charge in [0, 0.05) is 24.9 Å². The van der Waals surface area contributed by atoms with Crippen molar-refractivity contribution < 1.29 is 9.00 Å². The molecule has 3 heteroatoms. The Kier molecular flexibility index (Phi) is 1.86. The van der Waals surface area contributed by atoms with Crippen molar-refractivity contribution >= 4 is 21.2 Å². The van der Waals surface area contributed by atoms with Gasteiger partial charge < -0.3 is 0 Å². The van der Waals surface area contributed by atoms with Crippen LogP contribution in [0.1, 0.15) is 17.3 Å². The molecule has 0 radical (unpaired) electrons. The zero-order valence-corrected chi connectivity index (χ0v) is 8.64. The van der Waals surface area contributed by atoms with Crippen LogP contribution in [0.3, 0.4) is 0 Å². The highest BCUT2D eigenvalue weighted by Crippen LogP contribution is 2.27. The fourth-order valence-corrected chi connectivity index (χ4v) is 2.96. The molecule has 0 N–H and O–H groups in total. The zero-order chi connectivity index (χ0) is 10.3. The van der Waals surface area contributed by atoms with E-state index in [0.29, 0.717) is 15.4 Å². The van der Waals surface area contributed by atoms with Gasteiger partial charge >= 0.3 is 0 Å². The van der Waals surface area contributed by atoms with Crippen LogP contribution in [0, 0.1) is 0 Å². The van der Waals surface area contributed by atoms with Crippen molar-refractivity contribution in [1.82, 2.24) is 0 Å². The molecule has 0 bridgehead atoms. The van der Waals surface area contributed by atoms with Crippen molar-refractivity contribution in [2.45, 2.75) is 11.8 Å². The standard InChI is InChI=1S/C11H10O2S/c1-8-7-10(12)9-5-3-4-6-11(9)14(8,2)13/h3-7H,2H2,1H3. The fraction of sp³-hybridized carbons (Fsp3) is 0.0909.